The average molecular weight is 274 g/mol. The van der Waals surface area contributed by atoms with Gasteiger partial charge in [-0.25, -0.2) is 0 Å². The summed E-state index contributed by atoms with van der Waals surface area (Å²) in [5.74, 6) is -0.919. The van der Waals surface area contributed by atoms with Crippen LogP contribution in [0.3, 0.4) is 0 Å². The number of carboxylic acids is 1. The quantitative estimate of drug-likeness (QED) is 0.300. The van der Waals surface area contributed by atoms with Gasteiger partial charge in [0.05, 0.1) is 0 Å². The molecule has 104 valence electrons. The Bertz CT molecular complexity index is 247. The largest absolute Gasteiger partial charge is 1.00 e. The smallest absolute Gasteiger partial charge is 0.550 e. The van der Waals surface area contributed by atoms with Crippen LogP contribution in [0.5, 0.6) is 0 Å². The molecule has 0 aliphatic rings. The van der Waals surface area contributed by atoms with Gasteiger partial charge in [-0.15, -0.1) is 0 Å². The number of carboxylic acid groups (broad SMARTS) is 1. The molecular weight excluding hydrogens is 247 g/mol. The van der Waals surface area contributed by atoms with Gasteiger partial charge in [0.1, 0.15) is 0 Å². The Labute approximate surface area is 140 Å². The first-order valence-electron chi connectivity index (χ1n) is 7.27. The zero-order valence-electron chi connectivity index (χ0n) is 12.7. The number of hydrogen-bond donors (Lipinski definition) is 0. The van der Waals surface area contributed by atoms with Crippen molar-refractivity contribution in [3.05, 3.63) is 24.3 Å². The van der Waals surface area contributed by atoms with Crippen LogP contribution in [0.25, 0.3) is 0 Å². The Morgan fingerprint density at radius 3 is 2.11 bits per heavy atom. The predicted octanol–water partition coefficient (Wildman–Crippen LogP) is 0.774. The van der Waals surface area contributed by atoms with Gasteiger partial charge in [-0.05, 0) is 38.5 Å². The van der Waals surface area contributed by atoms with E-state index in [-0.39, 0.29) is 36.0 Å². The van der Waals surface area contributed by atoms with E-state index >= 15 is 0 Å². The molecule has 0 aliphatic heterocycles. The second kappa shape index (κ2) is 17.9. The predicted molar refractivity (Wildman–Crippen MR) is 75.1 cm³/mol. The normalized spacial score (nSPS) is 11.0. The number of hydrogen-bond acceptors (Lipinski definition) is 2. The topological polar surface area (TPSA) is 40.1 Å². The maximum Gasteiger partial charge on any atom is 1.00 e. The van der Waals surface area contributed by atoms with E-state index in [1.54, 1.807) is 0 Å². The molecule has 0 radical (unpaired) electrons. The minimum absolute atomic E-state index is 0. The summed E-state index contributed by atoms with van der Waals surface area (Å²) < 4.78 is 0. The summed E-state index contributed by atoms with van der Waals surface area (Å²) in [5.41, 5.74) is 0. The van der Waals surface area contributed by atoms with E-state index in [4.69, 9.17) is 0 Å². The Balaban J connectivity index is 0. The zero-order chi connectivity index (χ0) is 13.5. The van der Waals surface area contributed by atoms with Gasteiger partial charge in [0.2, 0.25) is 0 Å². The minimum Gasteiger partial charge on any atom is -0.550 e. The Morgan fingerprint density at radius 1 is 0.895 bits per heavy atom. The van der Waals surface area contributed by atoms with Crippen molar-refractivity contribution >= 4 is 5.97 Å². The molecule has 3 heteroatoms. The van der Waals surface area contributed by atoms with Crippen LogP contribution >= 0.6 is 0 Å². The molecule has 0 fully saturated rings. The first-order chi connectivity index (χ1) is 8.77. The molecule has 0 amide bonds. The van der Waals surface area contributed by atoms with Crippen molar-refractivity contribution in [1.82, 2.24) is 0 Å². The molecule has 0 unspecified atom stereocenters. The third-order valence-corrected chi connectivity index (χ3v) is 2.84. The summed E-state index contributed by atoms with van der Waals surface area (Å²) in [6.45, 7) is 2.15. The molecule has 0 bridgehead atoms. The zero-order valence-corrected chi connectivity index (χ0v) is 14.7. The summed E-state index contributed by atoms with van der Waals surface area (Å²) in [5, 5.41) is 10.2. The van der Waals surface area contributed by atoms with Crippen molar-refractivity contribution in [3.63, 3.8) is 0 Å². The first kappa shape index (κ1) is 21.3. The summed E-state index contributed by atoms with van der Waals surface area (Å²) >= 11 is 0. The third-order valence-electron chi connectivity index (χ3n) is 2.84. The van der Waals surface area contributed by atoms with E-state index < -0.39 is 5.97 Å². The second-order valence-corrected chi connectivity index (χ2v) is 4.62. The van der Waals surface area contributed by atoms with E-state index in [9.17, 15) is 9.90 Å². The number of rotatable bonds is 12. The van der Waals surface area contributed by atoms with Crippen molar-refractivity contribution in [1.29, 1.82) is 0 Å². The van der Waals surface area contributed by atoms with E-state index in [1.165, 1.54) is 25.7 Å². The number of unbranched alkanes of at least 4 members (excludes halogenated alkanes) is 6. The molecule has 0 N–H and O–H groups in total. The van der Waals surface area contributed by atoms with Crippen molar-refractivity contribution in [2.45, 2.75) is 71.1 Å². The summed E-state index contributed by atoms with van der Waals surface area (Å²) in [6.07, 6.45) is 19.1. The van der Waals surface area contributed by atoms with Gasteiger partial charge < -0.3 is 9.90 Å². The van der Waals surface area contributed by atoms with Gasteiger partial charge in [0.25, 0.3) is 0 Å². The molecule has 0 saturated heterocycles. The van der Waals surface area contributed by atoms with Crippen LogP contribution in [-0.4, -0.2) is 5.97 Å². The molecule has 0 aromatic carbocycles. The van der Waals surface area contributed by atoms with Gasteiger partial charge in [-0.1, -0.05) is 56.9 Å². The average Bonchev–Trinajstić information content (AvgIpc) is 2.34. The van der Waals surface area contributed by atoms with Crippen LogP contribution in [0, 0.1) is 0 Å². The molecular formula is C16H27NaO2. The third kappa shape index (κ3) is 20.4. The van der Waals surface area contributed by atoms with Crippen LogP contribution in [0.4, 0.5) is 0 Å². The van der Waals surface area contributed by atoms with Crippen molar-refractivity contribution in [2.24, 2.45) is 0 Å². The molecule has 0 atom stereocenters. The van der Waals surface area contributed by atoms with E-state index in [0.29, 0.717) is 0 Å². The summed E-state index contributed by atoms with van der Waals surface area (Å²) in [7, 11) is 0. The molecule has 0 aromatic heterocycles. The van der Waals surface area contributed by atoms with Gasteiger partial charge in [-0.3, -0.25) is 0 Å². The van der Waals surface area contributed by atoms with Gasteiger partial charge in [0.15, 0.2) is 0 Å². The SMILES string of the molecule is CC/C=C\C/C=C\CCCCCCCCC(=O)[O-].[Na+]. The molecule has 19 heavy (non-hydrogen) atoms. The number of carbonyl (C=O) groups excluding carboxylic acids is 1. The molecule has 0 rings (SSSR count). The van der Waals surface area contributed by atoms with Crippen LogP contribution in [0.1, 0.15) is 71.1 Å². The fraction of sp³-hybridized carbons (Fsp3) is 0.688. The fourth-order valence-electron chi connectivity index (χ4n) is 1.79. The van der Waals surface area contributed by atoms with Gasteiger partial charge in [0, 0.05) is 5.97 Å². The van der Waals surface area contributed by atoms with Gasteiger partial charge >= 0.3 is 29.6 Å². The molecule has 0 aromatic rings. The maximum atomic E-state index is 10.2. The maximum absolute atomic E-state index is 10.2. The van der Waals surface area contributed by atoms with Crippen molar-refractivity contribution < 1.29 is 39.5 Å². The van der Waals surface area contributed by atoms with Crippen LogP contribution in [0.15, 0.2) is 24.3 Å². The van der Waals surface area contributed by atoms with E-state index in [1.807, 2.05) is 0 Å². The number of carbonyl (C=O) groups is 1. The number of allylic oxidation sites excluding steroid dienone is 4. The monoisotopic (exact) mass is 274 g/mol. The minimum atomic E-state index is -0.919. The Kier molecular flexibility index (Phi) is 20.1. The van der Waals surface area contributed by atoms with Crippen molar-refractivity contribution in [3.8, 4) is 0 Å². The summed E-state index contributed by atoms with van der Waals surface area (Å²) in [6, 6.07) is 0. The Hall–Kier alpha value is -0.0500. The van der Waals surface area contributed by atoms with Gasteiger partial charge in [-0.2, -0.15) is 0 Å². The summed E-state index contributed by atoms with van der Waals surface area (Å²) in [4.78, 5) is 10.2. The molecule has 0 aliphatic carbocycles. The Morgan fingerprint density at radius 2 is 1.47 bits per heavy atom. The molecule has 0 saturated carbocycles. The fourth-order valence-corrected chi connectivity index (χ4v) is 1.79. The van der Waals surface area contributed by atoms with E-state index in [2.05, 4.69) is 31.2 Å². The second-order valence-electron chi connectivity index (χ2n) is 4.62. The van der Waals surface area contributed by atoms with E-state index in [0.717, 1.165) is 32.1 Å². The first-order valence-corrected chi connectivity index (χ1v) is 7.27. The van der Waals surface area contributed by atoms with Crippen LogP contribution in [0.2, 0.25) is 0 Å². The molecule has 2 nitrogen and oxygen atoms in total. The number of aliphatic carboxylic acids is 1. The van der Waals surface area contributed by atoms with Crippen molar-refractivity contribution in [2.75, 3.05) is 0 Å². The molecule has 0 heterocycles. The molecule has 0 spiro atoms. The van der Waals surface area contributed by atoms with Crippen LogP contribution < -0.4 is 34.7 Å². The standard InChI is InChI=1S/C16H28O2.Na/c1-2-3-4-5-6-7-8-9-10-11-12-13-14-15-16(17)18;/h3-4,6-7H,2,5,8-15H2,1H3,(H,17,18);/q;+1/p-1/b4-3-,7-6-;. The van der Waals surface area contributed by atoms with Crippen LogP contribution in [-0.2, 0) is 4.79 Å².